The third kappa shape index (κ3) is 2.93. The summed E-state index contributed by atoms with van der Waals surface area (Å²) in [5.41, 5.74) is 2.72. The molecule has 2 N–H and O–H groups in total. The zero-order valence-electron chi connectivity index (χ0n) is 12.8. The Hall–Kier alpha value is -2.37. The van der Waals surface area contributed by atoms with E-state index in [0.29, 0.717) is 11.2 Å². The van der Waals surface area contributed by atoms with Crippen molar-refractivity contribution in [2.45, 2.75) is 6.54 Å². The maximum atomic E-state index is 7.97. The molecule has 2 aromatic heterocycles. The van der Waals surface area contributed by atoms with Crippen molar-refractivity contribution in [3.05, 3.63) is 47.9 Å². The molecule has 0 aliphatic heterocycles. The molecule has 0 aliphatic carbocycles. The second-order valence-corrected chi connectivity index (χ2v) is 5.88. The number of aromatic nitrogens is 3. The molecule has 0 aliphatic rings. The van der Waals surface area contributed by atoms with Gasteiger partial charge >= 0.3 is 142 Å². The van der Waals surface area contributed by atoms with Crippen molar-refractivity contribution in [3.8, 4) is 5.75 Å². The van der Waals surface area contributed by atoms with Crippen LogP contribution in [0.15, 0.2) is 36.8 Å². The Morgan fingerprint density at radius 1 is 1.30 bits per heavy atom. The summed E-state index contributed by atoms with van der Waals surface area (Å²) in [6, 6.07) is 7.92. The van der Waals surface area contributed by atoms with Crippen molar-refractivity contribution in [2.24, 2.45) is 0 Å². The van der Waals surface area contributed by atoms with E-state index < -0.39 is 0 Å². The van der Waals surface area contributed by atoms with Gasteiger partial charge in [-0.05, 0) is 0 Å². The van der Waals surface area contributed by atoms with Gasteiger partial charge in [-0.15, -0.1) is 0 Å². The van der Waals surface area contributed by atoms with Crippen molar-refractivity contribution in [2.75, 3.05) is 19.5 Å². The van der Waals surface area contributed by atoms with Crippen LogP contribution >= 0.6 is 0 Å². The van der Waals surface area contributed by atoms with E-state index in [1.165, 1.54) is 6.33 Å². The Bertz CT molecular complexity index is 857. The van der Waals surface area contributed by atoms with Crippen LogP contribution in [0.1, 0.15) is 11.1 Å². The molecule has 1 aromatic carbocycles. The zero-order valence-corrected chi connectivity index (χ0v) is 14.5. The monoisotopic (exact) mass is 374 g/mol. The van der Waals surface area contributed by atoms with E-state index in [2.05, 4.69) is 31.3 Å². The van der Waals surface area contributed by atoms with Gasteiger partial charge in [0.15, 0.2) is 0 Å². The van der Waals surface area contributed by atoms with E-state index in [0.717, 1.165) is 33.7 Å². The van der Waals surface area contributed by atoms with Gasteiger partial charge in [0, 0.05) is 0 Å². The fraction of sp³-hybridized carbons (Fsp3) is 0.188. The number of hydrogen-bond donors (Lipinski definition) is 2. The number of fused-ring (bicyclic) bond motifs is 1. The van der Waals surface area contributed by atoms with Crippen LogP contribution in [-0.4, -0.2) is 49.3 Å². The molecule has 0 atom stereocenters. The summed E-state index contributed by atoms with van der Waals surface area (Å²) in [5.74, 6) is 1.55. The van der Waals surface area contributed by atoms with Crippen LogP contribution in [0.25, 0.3) is 11.0 Å². The van der Waals surface area contributed by atoms with Gasteiger partial charge in [-0.1, -0.05) is 0 Å². The van der Waals surface area contributed by atoms with Crippen LogP contribution in [0.3, 0.4) is 0 Å². The summed E-state index contributed by atoms with van der Waals surface area (Å²) in [5, 5.41) is 11.9. The number of anilines is 1. The van der Waals surface area contributed by atoms with Gasteiger partial charge in [0.05, 0.1) is 0 Å². The first-order chi connectivity index (χ1) is 11.1. The molecule has 23 heavy (non-hydrogen) atoms. The number of rotatable bonds is 5. The Kier molecular flexibility index (Phi) is 4.32. The molecule has 0 amide bonds. The molecular formula is C16H16N5OSe. The molecule has 0 saturated carbocycles. The SMILES string of the molecule is CNc1ncnc2c1c(C(=N)[Se])cn2Cc1ccc(OC)cc1. The van der Waals surface area contributed by atoms with Crippen molar-refractivity contribution < 1.29 is 4.74 Å². The van der Waals surface area contributed by atoms with Gasteiger partial charge in [0.1, 0.15) is 0 Å². The Morgan fingerprint density at radius 3 is 2.65 bits per heavy atom. The zero-order chi connectivity index (χ0) is 16.4. The normalized spacial score (nSPS) is 10.7. The third-order valence-corrected chi connectivity index (χ3v) is 4.11. The summed E-state index contributed by atoms with van der Waals surface area (Å²) in [6.45, 7) is 0.661. The predicted molar refractivity (Wildman–Crippen MR) is 91.8 cm³/mol. The van der Waals surface area contributed by atoms with Crippen molar-refractivity contribution in [1.29, 1.82) is 5.41 Å². The minimum absolute atomic E-state index is 0.370. The second-order valence-electron chi connectivity index (χ2n) is 5.02. The van der Waals surface area contributed by atoms with Gasteiger partial charge in [-0.25, -0.2) is 0 Å². The number of nitrogens with one attached hydrogen (secondary N) is 2. The minimum atomic E-state index is 0.370. The summed E-state index contributed by atoms with van der Waals surface area (Å²) < 4.78 is 7.59. The average Bonchev–Trinajstić information content (AvgIpc) is 2.94. The standard InChI is InChI=1S/C16H16N5OSe/c1-18-15-13-12(14(17)23)8-21(16(13)20-9-19-15)7-10-3-5-11(22-2)6-4-10/h3-6,8-9,17H,7H2,1-2H3,(H,18,19,20). The third-order valence-electron chi connectivity index (χ3n) is 3.65. The van der Waals surface area contributed by atoms with Crippen molar-refractivity contribution in [1.82, 2.24) is 14.5 Å². The number of benzene rings is 1. The van der Waals surface area contributed by atoms with Gasteiger partial charge in [-0.3, -0.25) is 0 Å². The topological polar surface area (TPSA) is 75.8 Å². The van der Waals surface area contributed by atoms with Crippen LogP contribution in [0, 0.1) is 5.41 Å². The quantitative estimate of drug-likeness (QED) is 0.530. The maximum absolute atomic E-state index is 7.97. The molecule has 6 nitrogen and oxygen atoms in total. The summed E-state index contributed by atoms with van der Waals surface area (Å²) in [4.78, 5) is 8.65. The fourth-order valence-corrected chi connectivity index (χ4v) is 2.86. The van der Waals surface area contributed by atoms with E-state index in [1.807, 2.05) is 42.1 Å². The molecule has 117 valence electrons. The molecular weight excluding hydrogens is 357 g/mol. The number of nitrogens with zero attached hydrogens (tertiary/aromatic N) is 3. The second kappa shape index (κ2) is 6.40. The molecule has 0 bridgehead atoms. The van der Waals surface area contributed by atoms with E-state index in [4.69, 9.17) is 10.1 Å². The Morgan fingerprint density at radius 2 is 2.04 bits per heavy atom. The molecule has 0 spiro atoms. The van der Waals surface area contributed by atoms with Crippen LogP contribution in [0.5, 0.6) is 5.75 Å². The predicted octanol–water partition coefficient (Wildman–Crippen LogP) is 2.02. The first kappa shape index (κ1) is 15.5. The van der Waals surface area contributed by atoms with Crippen LogP contribution in [-0.2, 0) is 6.54 Å². The van der Waals surface area contributed by atoms with Gasteiger partial charge < -0.3 is 0 Å². The van der Waals surface area contributed by atoms with Crippen LogP contribution in [0.4, 0.5) is 5.82 Å². The van der Waals surface area contributed by atoms with Crippen molar-refractivity contribution >= 4 is 37.5 Å². The summed E-state index contributed by atoms with van der Waals surface area (Å²) in [7, 11) is 3.47. The first-order valence-electron chi connectivity index (χ1n) is 7.04. The van der Waals surface area contributed by atoms with E-state index in [-0.39, 0.29) is 0 Å². The molecule has 0 saturated heterocycles. The number of methoxy groups -OCH3 is 1. The first-order valence-corrected chi connectivity index (χ1v) is 7.90. The van der Waals surface area contributed by atoms with E-state index >= 15 is 0 Å². The van der Waals surface area contributed by atoms with Crippen LogP contribution in [0.2, 0.25) is 0 Å². The van der Waals surface area contributed by atoms with E-state index in [1.54, 1.807) is 7.11 Å². The fourth-order valence-electron chi connectivity index (χ4n) is 2.53. The average molecular weight is 373 g/mol. The molecule has 7 heteroatoms. The molecule has 1 radical (unpaired) electrons. The molecule has 3 rings (SSSR count). The summed E-state index contributed by atoms with van der Waals surface area (Å²) in [6.07, 6.45) is 3.47. The van der Waals surface area contributed by atoms with E-state index in [9.17, 15) is 0 Å². The molecule has 3 aromatic rings. The Labute approximate surface area is 142 Å². The van der Waals surface area contributed by atoms with Gasteiger partial charge in [-0.2, -0.15) is 0 Å². The molecule has 0 unspecified atom stereocenters. The van der Waals surface area contributed by atoms with Gasteiger partial charge in [0.2, 0.25) is 0 Å². The van der Waals surface area contributed by atoms with Gasteiger partial charge in [0.25, 0.3) is 0 Å². The Balaban J connectivity index is 2.08. The number of hydrogen-bond acceptors (Lipinski definition) is 5. The number of ether oxygens (including phenoxy) is 1. The van der Waals surface area contributed by atoms with Crippen molar-refractivity contribution in [3.63, 3.8) is 0 Å². The summed E-state index contributed by atoms with van der Waals surface area (Å²) >= 11 is 2.76. The molecule has 2 heterocycles. The van der Waals surface area contributed by atoms with Crippen LogP contribution < -0.4 is 10.1 Å². The molecule has 0 fully saturated rings.